The van der Waals surface area contributed by atoms with E-state index in [0.717, 1.165) is 22.4 Å². The number of nitrogens with zero attached hydrogens (tertiary/aromatic N) is 2. The lowest BCUT2D eigenvalue weighted by Gasteiger charge is -2.09. The number of hydrogen-bond acceptors (Lipinski definition) is 6. The van der Waals surface area contributed by atoms with E-state index in [1.807, 2.05) is 39.0 Å². The maximum Gasteiger partial charge on any atom is 0.224 e. The number of sulfone groups is 1. The molecule has 0 aromatic heterocycles. The van der Waals surface area contributed by atoms with Crippen molar-refractivity contribution in [3.8, 4) is 5.75 Å². The zero-order chi connectivity index (χ0) is 23.0. The molecule has 1 amide bonds. The first-order valence-corrected chi connectivity index (χ1v) is 12.2. The first-order chi connectivity index (χ1) is 14.6. The second-order valence-electron chi connectivity index (χ2n) is 7.30. The Balaban J connectivity index is 0.00000512. The van der Waals surface area contributed by atoms with E-state index >= 15 is 0 Å². The summed E-state index contributed by atoms with van der Waals surface area (Å²) in [7, 11) is -1.59. The second kappa shape index (κ2) is 12.6. The first kappa shape index (κ1) is 27.6. The molecule has 0 unspecified atom stereocenters. The molecule has 2 rings (SSSR count). The highest BCUT2D eigenvalue weighted by molar-refractivity contribution is 7.91. The van der Waals surface area contributed by atoms with Crippen LogP contribution < -0.4 is 10.1 Å². The molecule has 0 aliphatic heterocycles. The summed E-state index contributed by atoms with van der Waals surface area (Å²) in [6.45, 7) is 5.83. The minimum atomic E-state index is -3.21. The molecule has 0 radical (unpaired) electrons. The highest BCUT2D eigenvalue weighted by Crippen LogP contribution is 2.31. The molecule has 0 saturated heterocycles. The summed E-state index contributed by atoms with van der Waals surface area (Å²) in [6, 6.07) is 9.19. The summed E-state index contributed by atoms with van der Waals surface area (Å²) >= 11 is 5.48. The second-order valence-corrected chi connectivity index (χ2v) is 9.98. The van der Waals surface area contributed by atoms with Gasteiger partial charge >= 0.3 is 0 Å². The van der Waals surface area contributed by atoms with Gasteiger partial charge in [0, 0.05) is 24.1 Å². The maximum absolute atomic E-state index is 12.2. The minimum absolute atomic E-state index is 0. The number of anilines is 1. The number of aryl methyl sites for hydroxylation is 3. The Labute approximate surface area is 196 Å². The molecule has 9 heteroatoms. The summed E-state index contributed by atoms with van der Waals surface area (Å²) < 4.78 is 28.7. The summed E-state index contributed by atoms with van der Waals surface area (Å²) in [5.41, 5.74) is 4.82. The van der Waals surface area contributed by atoms with Crippen LogP contribution in [0.2, 0.25) is 0 Å². The highest BCUT2D eigenvalue weighted by atomic mass is 35.5. The Kier molecular flexibility index (Phi) is 10.8. The Morgan fingerprint density at radius 3 is 2.28 bits per heavy atom. The van der Waals surface area contributed by atoms with Crippen LogP contribution in [-0.2, 0) is 14.6 Å². The van der Waals surface area contributed by atoms with Gasteiger partial charge in [-0.1, -0.05) is 19.6 Å². The number of halogens is 1. The molecule has 0 aliphatic rings. The van der Waals surface area contributed by atoms with Crippen molar-refractivity contribution in [1.29, 1.82) is 0 Å². The third-order valence-electron chi connectivity index (χ3n) is 4.72. The quantitative estimate of drug-likeness (QED) is 0.330. The van der Waals surface area contributed by atoms with Crippen LogP contribution in [0.4, 0.5) is 17.1 Å². The number of nitrogens with one attached hydrogen (secondary N) is 1. The number of carbonyl (C=O) groups is 1. The van der Waals surface area contributed by atoms with Crippen molar-refractivity contribution in [2.75, 3.05) is 29.8 Å². The van der Waals surface area contributed by atoms with Gasteiger partial charge in [-0.15, -0.1) is 11.6 Å². The largest absolute Gasteiger partial charge is 0.496 e. The molecule has 7 nitrogen and oxygen atoms in total. The summed E-state index contributed by atoms with van der Waals surface area (Å²) in [6.07, 6.45) is 0.354. The third kappa shape index (κ3) is 8.24. The number of carbonyl (C=O) groups excluding carboxylic acids is 1. The van der Waals surface area contributed by atoms with E-state index in [1.165, 1.54) is 0 Å². The van der Waals surface area contributed by atoms with E-state index in [1.54, 1.807) is 19.2 Å². The zero-order valence-corrected chi connectivity index (χ0v) is 19.8. The molecular weight excluding hydrogens is 450 g/mol. The van der Waals surface area contributed by atoms with Crippen LogP contribution in [0.3, 0.4) is 0 Å². The van der Waals surface area contributed by atoms with Crippen molar-refractivity contribution in [3.63, 3.8) is 0 Å². The topological polar surface area (TPSA) is 97.2 Å². The van der Waals surface area contributed by atoms with Gasteiger partial charge in [-0.2, -0.15) is 10.2 Å². The van der Waals surface area contributed by atoms with E-state index in [4.69, 9.17) is 16.3 Å². The fraction of sp³-hybridized carbons (Fsp3) is 0.435. The number of azo groups is 1. The maximum atomic E-state index is 12.2. The molecule has 0 bridgehead atoms. The van der Waals surface area contributed by atoms with Crippen molar-refractivity contribution in [3.05, 3.63) is 47.0 Å². The molecule has 0 aliphatic carbocycles. The smallest absolute Gasteiger partial charge is 0.224 e. The molecule has 2 aromatic rings. The van der Waals surface area contributed by atoms with E-state index < -0.39 is 9.84 Å². The third-order valence-corrected chi connectivity index (χ3v) is 6.87. The lowest BCUT2D eigenvalue weighted by molar-refractivity contribution is -0.116. The first-order valence-electron chi connectivity index (χ1n) is 9.89. The van der Waals surface area contributed by atoms with Gasteiger partial charge < -0.3 is 10.1 Å². The summed E-state index contributed by atoms with van der Waals surface area (Å²) in [5, 5.41) is 11.5. The van der Waals surface area contributed by atoms with Crippen molar-refractivity contribution >= 4 is 44.4 Å². The van der Waals surface area contributed by atoms with E-state index in [-0.39, 0.29) is 43.6 Å². The fourth-order valence-corrected chi connectivity index (χ4v) is 4.68. The number of methoxy groups -OCH3 is 1. The van der Waals surface area contributed by atoms with Crippen LogP contribution in [-0.4, -0.2) is 38.8 Å². The Bertz CT molecular complexity index is 1070. The number of ether oxygens (including phenoxy) is 1. The van der Waals surface area contributed by atoms with Gasteiger partial charge in [0.1, 0.15) is 5.75 Å². The average Bonchev–Trinajstić information content (AvgIpc) is 2.69. The number of amides is 1. The normalized spacial score (nSPS) is 11.3. The number of alkyl halides is 1. The molecule has 0 spiro atoms. The van der Waals surface area contributed by atoms with Crippen molar-refractivity contribution < 1.29 is 17.9 Å². The average molecular weight is 482 g/mol. The molecule has 0 heterocycles. The number of hydrogen-bond donors (Lipinski definition) is 1. The molecule has 2 aromatic carbocycles. The highest BCUT2D eigenvalue weighted by Gasteiger charge is 2.12. The van der Waals surface area contributed by atoms with Gasteiger partial charge in [0.2, 0.25) is 5.91 Å². The predicted octanol–water partition coefficient (Wildman–Crippen LogP) is 6.04. The fourth-order valence-electron chi connectivity index (χ4n) is 2.95. The molecular formula is C23H32ClN3O4S. The van der Waals surface area contributed by atoms with Gasteiger partial charge in [0.05, 0.1) is 30.0 Å². The van der Waals surface area contributed by atoms with Crippen LogP contribution in [0.1, 0.15) is 37.0 Å². The van der Waals surface area contributed by atoms with Crippen LogP contribution >= 0.6 is 11.6 Å². The van der Waals surface area contributed by atoms with Crippen LogP contribution in [0.5, 0.6) is 5.75 Å². The molecule has 176 valence electrons. The van der Waals surface area contributed by atoms with Crippen molar-refractivity contribution in [1.82, 2.24) is 0 Å². The molecule has 1 N–H and O–H groups in total. The van der Waals surface area contributed by atoms with Crippen LogP contribution in [0, 0.1) is 20.8 Å². The monoisotopic (exact) mass is 481 g/mol. The van der Waals surface area contributed by atoms with Crippen LogP contribution in [0.15, 0.2) is 40.6 Å². The van der Waals surface area contributed by atoms with Gasteiger partial charge in [0.25, 0.3) is 0 Å². The number of rotatable bonds is 10. The predicted molar refractivity (Wildman–Crippen MR) is 132 cm³/mol. The molecule has 0 atom stereocenters. The van der Waals surface area contributed by atoms with Gasteiger partial charge in [-0.3, -0.25) is 4.79 Å². The molecule has 0 saturated carbocycles. The van der Waals surface area contributed by atoms with Gasteiger partial charge in [-0.05, 0) is 56.0 Å². The van der Waals surface area contributed by atoms with Gasteiger partial charge in [0.15, 0.2) is 9.84 Å². The molecule has 32 heavy (non-hydrogen) atoms. The summed E-state index contributed by atoms with van der Waals surface area (Å²) in [4.78, 5) is 12.2. The minimum Gasteiger partial charge on any atom is -0.496 e. The zero-order valence-electron chi connectivity index (χ0n) is 18.2. The lowest BCUT2D eigenvalue weighted by atomic mass is 10.1. The van der Waals surface area contributed by atoms with Crippen molar-refractivity contribution in [2.24, 2.45) is 10.2 Å². The lowest BCUT2D eigenvalue weighted by Crippen LogP contribution is -2.16. The standard InChI is InChI=1S/C22H28ClN3O4S.CH4/c1-15-7-8-18(24-22(27)6-5-10-31(28,29)11-9-23)13-19(15)25-26-20-14-21(30-4)17(3)12-16(20)2;/h7-8,12-14H,5-6,9-11H2,1-4H3,(H,24,27);1H4. The summed E-state index contributed by atoms with van der Waals surface area (Å²) in [5.74, 6) is 0.413. The number of benzene rings is 2. The SMILES string of the molecule is C.COc1cc(N=Nc2cc(NC(=O)CCCS(=O)(=O)CCCl)ccc2C)c(C)cc1C. The van der Waals surface area contributed by atoms with Crippen molar-refractivity contribution in [2.45, 2.75) is 41.0 Å². The van der Waals surface area contributed by atoms with E-state index in [9.17, 15) is 13.2 Å². The Morgan fingerprint density at radius 2 is 1.66 bits per heavy atom. The van der Waals surface area contributed by atoms with Gasteiger partial charge in [-0.25, -0.2) is 8.42 Å². The Morgan fingerprint density at radius 1 is 1.00 bits per heavy atom. The van der Waals surface area contributed by atoms with Crippen LogP contribution in [0.25, 0.3) is 0 Å². The van der Waals surface area contributed by atoms with E-state index in [0.29, 0.717) is 17.1 Å². The van der Waals surface area contributed by atoms with E-state index in [2.05, 4.69) is 15.5 Å². The molecule has 0 fully saturated rings. The Hall–Kier alpha value is -2.45.